The molecule has 8 nitrogen and oxygen atoms in total. The van der Waals surface area contributed by atoms with Crippen LogP contribution in [0.15, 0.2) is 73.1 Å². The number of hydrogen-bond donors (Lipinski definition) is 3. The molecule has 4 rings (SSSR count). The third-order valence-electron chi connectivity index (χ3n) is 6.88. The lowest BCUT2D eigenvalue weighted by Gasteiger charge is -2.32. The number of pyridine rings is 1. The number of amides is 2. The molecule has 1 aromatic heterocycles. The van der Waals surface area contributed by atoms with Crippen molar-refractivity contribution in [3.63, 3.8) is 0 Å². The number of piperidine rings is 1. The summed E-state index contributed by atoms with van der Waals surface area (Å²) >= 11 is 6.09. The normalized spacial score (nSPS) is 15.5. The van der Waals surface area contributed by atoms with E-state index in [1.807, 2.05) is 54.6 Å². The van der Waals surface area contributed by atoms with E-state index in [0.29, 0.717) is 24.0 Å². The lowest BCUT2D eigenvalue weighted by molar-refractivity contribution is -0.148. The average molecular weight is 536 g/mol. The van der Waals surface area contributed by atoms with Crippen LogP contribution >= 0.6 is 11.6 Å². The summed E-state index contributed by atoms with van der Waals surface area (Å²) in [5, 5.41) is 22.5. The van der Waals surface area contributed by atoms with Crippen molar-refractivity contribution in [2.75, 3.05) is 13.1 Å². The number of nitrogens with zero attached hydrogens (tertiary/aromatic N) is 2. The maximum absolute atomic E-state index is 12.9. The minimum absolute atomic E-state index is 0.228. The molecule has 0 aliphatic carbocycles. The number of carbonyl (C=O) groups is 3. The van der Waals surface area contributed by atoms with Gasteiger partial charge in [0.15, 0.2) is 6.10 Å². The van der Waals surface area contributed by atoms with Crippen molar-refractivity contribution < 1.29 is 24.6 Å². The van der Waals surface area contributed by atoms with E-state index in [4.69, 9.17) is 11.6 Å². The largest absolute Gasteiger partial charge is 0.479 e. The molecule has 1 fully saturated rings. The number of carbonyl (C=O) groups excluding carboxylic acids is 2. The lowest BCUT2D eigenvalue weighted by Crippen LogP contribution is -2.50. The Balaban J connectivity index is 1.39. The first kappa shape index (κ1) is 27.3. The molecule has 0 unspecified atom stereocenters. The fourth-order valence-corrected chi connectivity index (χ4v) is 4.98. The van der Waals surface area contributed by atoms with Crippen LogP contribution < -0.4 is 5.32 Å². The van der Waals surface area contributed by atoms with Gasteiger partial charge in [0.1, 0.15) is 0 Å². The van der Waals surface area contributed by atoms with Crippen molar-refractivity contribution in [2.45, 2.75) is 43.7 Å². The number of benzene rings is 2. The van der Waals surface area contributed by atoms with Crippen LogP contribution in [0.3, 0.4) is 0 Å². The highest BCUT2D eigenvalue weighted by Crippen LogP contribution is 2.27. The first-order chi connectivity index (χ1) is 18.3. The SMILES string of the molecule is O=C(N[C@H](Cc1ccc(-c2cccc(Cl)c2)cc1)C[C@@H](O)C(=O)O)C(=O)N1CCC(c2ccncc2)CC1. The van der Waals surface area contributed by atoms with Crippen LogP contribution in [0.2, 0.25) is 5.02 Å². The topological polar surface area (TPSA) is 120 Å². The average Bonchev–Trinajstić information content (AvgIpc) is 2.93. The standard InChI is InChI=1S/C29H30ClN3O5/c30-24-3-1-2-23(17-24)20-6-4-19(5-7-20)16-25(18-26(34)29(37)38)32-27(35)28(36)33-14-10-22(11-15-33)21-8-12-31-13-9-21/h1-9,12-13,17,22,25-26,34H,10-11,14-16,18H2,(H,32,35)(H,37,38)/t25-,26-/m1/s1. The van der Waals surface area contributed by atoms with Crippen LogP contribution in [0.1, 0.15) is 36.3 Å². The first-order valence-electron chi connectivity index (χ1n) is 12.6. The second-order valence-corrected chi connectivity index (χ2v) is 9.95. The van der Waals surface area contributed by atoms with Crippen LogP contribution in [0.5, 0.6) is 0 Å². The molecule has 0 spiro atoms. The van der Waals surface area contributed by atoms with Crippen molar-refractivity contribution >= 4 is 29.4 Å². The monoisotopic (exact) mass is 535 g/mol. The summed E-state index contributed by atoms with van der Waals surface area (Å²) in [5.74, 6) is -2.53. The van der Waals surface area contributed by atoms with Gasteiger partial charge in [0, 0.05) is 43.0 Å². The molecule has 198 valence electrons. The Morgan fingerprint density at radius 2 is 1.68 bits per heavy atom. The van der Waals surface area contributed by atoms with Gasteiger partial charge in [0.25, 0.3) is 0 Å². The third-order valence-corrected chi connectivity index (χ3v) is 7.11. The van der Waals surface area contributed by atoms with Crippen molar-refractivity contribution in [1.29, 1.82) is 0 Å². The fourth-order valence-electron chi connectivity index (χ4n) is 4.79. The van der Waals surface area contributed by atoms with Gasteiger partial charge in [-0.2, -0.15) is 0 Å². The highest BCUT2D eigenvalue weighted by molar-refractivity contribution is 6.35. The predicted molar refractivity (Wildman–Crippen MR) is 144 cm³/mol. The molecule has 1 aliphatic rings. The van der Waals surface area contributed by atoms with Gasteiger partial charge in [0.2, 0.25) is 0 Å². The Bertz CT molecular complexity index is 1260. The van der Waals surface area contributed by atoms with Crippen LogP contribution in [0, 0.1) is 0 Å². The Hall–Kier alpha value is -3.75. The number of nitrogens with one attached hydrogen (secondary N) is 1. The van der Waals surface area contributed by atoms with Crippen LogP contribution in [0.4, 0.5) is 0 Å². The number of halogens is 1. The molecule has 9 heteroatoms. The van der Waals surface area contributed by atoms with Crippen LogP contribution in [-0.4, -0.2) is 63.1 Å². The molecule has 2 amide bonds. The van der Waals surface area contributed by atoms with Gasteiger partial charge in [0.05, 0.1) is 0 Å². The number of aliphatic carboxylic acids is 1. The van der Waals surface area contributed by atoms with E-state index in [9.17, 15) is 24.6 Å². The number of aromatic nitrogens is 1. The van der Waals surface area contributed by atoms with Gasteiger partial charge in [-0.3, -0.25) is 14.6 Å². The predicted octanol–water partition coefficient (Wildman–Crippen LogP) is 3.67. The first-order valence-corrected chi connectivity index (χ1v) is 12.9. The molecular weight excluding hydrogens is 506 g/mol. The number of aliphatic hydroxyl groups is 1. The number of carboxylic acids is 1. The highest BCUT2D eigenvalue weighted by Gasteiger charge is 2.30. The van der Waals surface area contributed by atoms with E-state index in [0.717, 1.165) is 29.5 Å². The van der Waals surface area contributed by atoms with Crippen molar-refractivity contribution in [1.82, 2.24) is 15.2 Å². The van der Waals surface area contributed by atoms with E-state index in [2.05, 4.69) is 10.3 Å². The highest BCUT2D eigenvalue weighted by atomic mass is 35.5. The summed E-state index contributed by atoms with van der Waals surface area (Å²) < 4.78 is 0. The zero-order chi connectivity index (χ0) is 27.1. The quantitative estimate of drug-likeness (QED) is 0.379. The maximum Gasteiger partial charge on any atom is 0.332 e. The van der Waals surface area contributed by atoms with Crippen LogP contribution in [0.25, 0.3) is 11.1 Å². The summed E-state index contributed by atoms with van der Waals surface area (Å²) in [5.41, 5.74) is 3.89. The molecule has 3 aromatic rings. The van der Waals surface area contributed by atoms with Crippen molar-refractivity contribution in [2.24, 2.45) is 0 Å². The molecule has 3 N–H and O–H groups in total. The second-order valence-electron chi connectivity index (χ2n) is 9.52. The minimum Gasteiger partial charge on any atom is -0.479 e. The minimum atomic E-state index is -1.67. The van der Waals surface area contributed by atoms with E-state index < -0.39 is 29.9 Å². The van der Waals surface area contributed by atoms with Gasteiger partial charge in [-0.1, -0.05) is 48.0 Å². The summed E-state index contributed by atoms with van der Waals surface area (Å²) in [7, 11) is 0. The Morgan fingerprint density at radius 3 is 2.32 bits per heavy atom. The summed E-state index contributed by atoms with van der Waals surface area (Å²) in [4.78, 5) is 42.6. The molecule has 0 saturated carbocycles. The molecule has 1 aliphatic heterocycles. The molecular formula is C29H30ClN3O5. The van der Waals surface area contributed by atoms with E-state index >= 15 is 0 Å². The number of aliphatic hydroxyl groups excluding tert-OH is 1. The molecule has 38 heavy (non-hydrogen) atoms. The Labute approximate surface area is 226 Å². The molecule has 2 aromatic carbocycles. The molecule has 2 atom stereocenters. The Morgan fingerprint density at radius 1 is 1.00 bits per heavy atom. The van der Waals surface area contributed by atoms with Crippen molar-refractivity contribution in [3.8, 4) is 11.1 Å². The van der Waals surface area contributed by atoms with E-state index in [-0.39, 0.29) is 12.8 Å². The molecule has 2 heterocycles. The zero-order valence-corrected chi connectivity index (χ0v) is 21.6. The number of hydrogen-bond acceptors (Lipinski definition) is 5. The lowest BCUT2D eigenvalue weighted by atomic mass is 9.90. The number of rotatable bonds is 8. The summed E-state index contributed by atoms with van der Waals surface area (Å²) in [6, 6.07) is 18.2. The number of likely N-dealkylation sites (tertiary alicyclic amines) is 1. The van der Waals surface area contributed by atoms with Gasteiger partial charge >= 0.3 is 17.8 Å². The zero-order valence-electron chi connectivity index (χ0n) is 20.8. The number of carboxylic acid groups (broad SMARTS) is 1. The smallest absolute Gasteiger partial charge is 0.332 e. The fraction of sp³-hybridized carbons (Fsp3) is 0.310. The van der Waals surface area contributed by atoms with E-state index in [1.165, 1.54) is 10.5 Å². The molecule has 0 bridgehead atoms. The third kappa shape index (κ3) is 7.18. The van der Waals surface area contributed by atoms with Crippen molar-refractivity contribution in [3.05, 3.63) is 89.2 Å². The van der Waals surface area contributed by atoms with Gasteiger partial charge in [-0.15, -0.1) is 0 Å². The van der Waals surface area contributed by atoms with Crippen LogP contribution in [-0.2, 0) is 20.8 Å². The van der Waals surface area contributed by atoms with Gasteiger partial charge in [-0.05, 0) is 71.7 Å². The maximum atomic E-state index is 12.9. The summed E-state index contributed by atoms with van der Waals surface area (Å²) in [6.07, 6.45) is 3.33. The van der Waals surface area contributed by atoms with Gasteiger partial charge in [-0.25, -0.2) is 4.79 Å². The Kier molecular flexibility index (Phi) is 9.10. The molecule has 1 saturated heterocycles. The van der Waals surface area contributed by atoms with Gasteiger partial charge < -0.3 is 20.4 Å². The van der Waals surface area contributed by atoms with E-state index in [1.54, 1.807) is 18.5 Å². The second kappa shape index (κ2) is 12.7. The summed E-state index contributed by atoms with van der Waals surface area (Å²) in [6.45, 7) is 0.902. The molecule has 0 radical (unpaired) electrons.